The molecule has 0 atom stereocenters. The Labute approximate surface area is 121 Å². The quantitative estimate of drug-likeness (QED) is 0.730. The zero-order valence-corrected chi connectivity index (χ0v) is 10.9. The van der Waals surface area contributed by atoms with E-state index in [0.29, 0.717) is 22.5 Å². The minimum absolute atomic E-state index is 0.133. The first-order chi connectivity index (χ1) is 10.2. The number of aromatic carboxylic acids is 1. The van der Waals surface area contributed by atoms with Gasteiger partial charge < -0.3 is 5.11 Å². The van der Waals surface area contributed by atoms with Crippen molar-refractivity contribution in [3.63, 3.8) is 0 Å². The third-order valence-electron chi connectivity index (χ3n) is 3.17. The van der Waals surface area contributed by atoms with Gasteiger partial charge in [-0.2, -0.15) is 0 Å². The standard InChI is InChI=1S/C17H10N2O2/c1-2-11-5-3-7-13(17(20)21)15(11)14-9-8-12-6-4-10-18-16(12)19-14/h1,3-10H,(H,20,21). The van der Waals surface area contributed by atoms with Crippen molar-refractivity contribution >= 4 is 17.0 Å². The van der Waals surface area contributed by atoms with Crippen LogP contribution in [-0.2, 0) is 0 Å². The van der Waals surface area contributed by atoms with Crippen LogP contribution >= 0.6 is 0 Å². The molecule has 2 heterocycles. The van der Waals surface area contributed by atoms with E-state index in [4.69, 9.17) is 6.42 Å². The van der Waals surface area contributed by atoms with E-state index in [0.717, 1.165) is 5.39 Å². The van der Waals surface area contributed by atoms with Gasteiger partial charge in [0.2, 0.25) is 0 Å². The lowest BCUT2D eigenvalue weighted by molar-refractivity contribution is 0.0697. The first kappa shape index (κ1) is 12.8. The van der Waals surface area contributed by atoms with Crippen LogP contribution in [0.4, 0.5) is 0 Å². The maximum absolute atomic E-state index is 11.4. The summed E-state index contributed by atoms with van der Waals surface area (Å²) in [7, 11) is 0. The first-order valence-corrected chi connectivity index (χ1v) is 6.26. The van der Waals surface area contributed by atoms with E-state index >= 15 is 0 Å². The van der Waals surface area contributed by atoms with E-state index in [2.05, 4.69) is 15.9 Å². The number of nitrogens with zero attached hydrogens (tertiary/aromatic N) is 2. The monoisotopic (exact) mass is 274 g/mol. The van der Waals surface area contributed by atoms with Gasteiger partial charge in [-0.15, -0.1) is 6.42 Å². The second-order valence-corrected chi connectivity index (χ2v) is 4.42. The summed E-state index contributed by atoms with van der Waals surface area (Å²) in [5.41, 5.74) is 2.14. The van der Waals surface area contributed by atoms with Gasteiger partial charge in [-0.25, -0.2) is 14.8 Å². The molecule has 3 aromatic rings. The minimum atomic E-state index is -1.04. The summed E-state index contributed by atoms with van der Waals surface area (Å²) >= 11 is 0. The second kappa shape index (κ2) is 5.06. The zero-order chi connectivity index (χ0) is 14.8. The molecular formula is C17H10N2O2. The molecule has 2 aromatic heterocycles. The summed E-state index contributed by atoms with van der Waals surface area (Å²) in [5.74, 6) is 1.48. The molecule has 0 unspecified atom stereocenters. The molecule has 0 spiro atoms. The number of aromatic nitrogens is 2. The van der Waals surface area contributed by atoms with Crippen molar-refractivity contribution in [2.24, 2.45) is 0 Å². The Balaban J connectivity index is 2.32. The van der Waals surface area contributed by atoms with Crippen LogP contribution in [0, 0.1) is 12.3 Å². The first-order valence-electron chi connectivity index (χ1n) is 6.26. The van der Waals surface area contributed by atoms with E-state index in [-0.39, 0.29) is 5.56 Å². The van der Waals surface area contributed by atoms with Crippen molar-refractivity contribution in [1.29, 1.82) is 0 Å². The number of fused-ring (bicyclic) bond motifs is 1. The number of hydrogen-bond acceptors (Lipinski definition) is 3. The maximum atomic E-state index is 11.4. The molecule has 0 saturated carbocycles. The van der Waals surface area contributed by atoms with Crippen molar-refractivity contribution in [1.82, 2.24) is 9.97 Å². The SMILES string of the molecule is C#Cc1cccc(C(=O)O)c1-c1ccc2cccnc2n1. The Morgan fingerprint density at radius 3 is 2.76 bits per heavy atom. The van der Waals surface area contributed by atoms with Gasteiger partial charge in [0.25, 0.3) is 0 Å². The Kier molecular flexibility index (Phi) is 3.09. The molecule has 0 bridgehead atoms. The fourth-order valence-electron chi connectivity index (χ4n) is 2.22. The van der Waals surface area contributed by atoms with E-state index in [1.807, 2.05) is 18.2 Å². The number of pyridine rings is 2. The number of terminal acetylenes is 1. The van der Waals surface area contributed by atoms with E-state index in [9.17, 15) is 9.90 Å². The highest BCUT2D eigenvalue weighted by atomic mass is 16.4. The van der Waals surface area contributed by atoms with Crippen molar-refractivity contribution in [3.05, 3.63) is 59.8 Å². The average Bonchev–Trinajstić information content (AvgIpc) is 2.53. The fraction of sp³-hybridized carbons (Fsp3) is 0. The highest BCUT2D eigenvalue weighted by Gasteiger charge is 2.16. The van der Waals surface area contributed by atoms with Crippen molar-refractivity contribution < 1.29 is 9.90 Å². The van der Waals surface area contributed by atoms with Crippen LogP contribution in [0.1, 0.15) is 15.9 Å². The Bertz CT molecular complexity index is 895. The van der Waals surface area contributed by atoms with Crippen LogP contribution in [0.3, 0.4) is 0 Å². The van der Waals surface area contributed by atoms with Crippen LogP contribution in [0.2, 0.25) is 0 Å². The molecule has 21 heavy (non-hydrogen) atoms. The molecule has 0 radical (unpaired) electrons. The number of carboxylic acids is 1. The van der Waals surface area contributed by atoms with Crippen LogP contribution in [-0.4, -0.2) is 21.0 Å². The normalized spacial score (nSPS) is 10.2. The van der Waals surface area contributed by atoms with Gasteiger partial charge in [-0.05, 0) is 36.4 Å². The zero-order valence-electron chi connectivity index (χ0n) is 10.9. The maximum Gasteiger partial charge on any atom is 0.336 e. The van der Waals surface area contributed by atoms with Crippen LogP contribution in [0.15, 0.2) is 48.7 Å². The molecule has 0 fully saturated rings. The summed E-state index contributed by atoms with van der Waals surface area (Å²) in [4.78, 5) is 20.0. The third kappa shape index (κ3) is 2.21. The molecule has 1 aromatic carbocycles. The van der Waals surface area contributed by atoms with Crippen molar-refractivity contribution in [2.45, 2.75) is 0 Å². The predicted molar refractivity (Wildman–Crippen MR) is 79.9 cm³/mol. The molecule has 0 aliphatic heterocycles. The summed E-state index contributed by atoms with van der Waals surface area (Å²) in [6.45, 7) is 0. The summed E-state index contributed by atoms with van der Waals surface area (Å²) in [6.07, 6.45) is 7.13. The van der Waals surface area contributed by atoms with Crippen LogP contribution in [0.25, 0.3) is 22.3 Å². The lowest BCUT2D eigenvalue weighted by Gasteiger charge is -2.09. The molecule has 0 aliphatic rings. The molecule has 0 aliphatic carbocycles. The molecule has 0 amide bonds. The van der Waals surface area contributed by atoms with Crippen LogP contribution < -0.4 is 0 Å². The van der Waals surface area contributed by atoms with Crippen LogP contribution in [0.5, 0.6) is 0 Å². The average molecular weight is 274 g/mol. The molecular weight excluding hydrogens is 264 g/mol. The largest absolute Gasteiger partial charge is 0.478 e. The molecule has 0 saturated heterocycles. The van der Waals surface area contributed by atoms with Gasteiger partial charge in [0.1, 0.15) is 0 Å². The topological polar surface area (TPSA) is 63.1 Å². The molecule has 1 N–H and O–H groups in total. The molecule has 4 nitrogen and oxygen atoms in total. The molecule has 3 rings (SSSR count). The smallest absolute Gasteiger partial charge is 0.336 e. The van der Waals surface area contributed by atoms with E-state index in [1.54, 1.807) is 24.4 Å². The lowest BCUT2D eigenvalue weighted by Crippen LogP contribution is -2.02. The van der Waals surface area contributed by atoms with Gasteiger partial charge in [0.05, 0.1) is 11.3 Å². The summed E-state index contributed by atoms with van der Waals surface area (Å²) in [5, 5.41) is 10.2. The number of rotatable bonds is 2. The van der Waals surface area contributed by atoms with Gasteiger partial charge in [0.15, 0.2) is 5.65 Å². The number of carbonyl (C=O) groups is 1. The predicted octanol–water partition coefficient (Wildman–Crippen LogP) is 2.98. The highest BCUT2D eigenvalue weighted by Crippen LogP contribution is 2.27. The van der Waals surface area contributed by atoms with Gasteiger partial charge in [-0.1, -0.05) is 12.0 Å². The number of carboxylic acid groups (broad SMARTS) is 1. The number of hydrogen-bond donors (Lipinski definition) is 1. The molecule has 100 valence electrons. The third-order valence-corrected chi connectivity index (χ3v) is 3.17. The minimum Gasteiger partial charge on any atom is -0.478 e. The lowest BCUT2D eigenvalue weighted by atomic mass is 9.98. The van der Waals surface area contributed by atoms with Gasteiger partial charge >= 0.3 is 5.97 Å². The van der Waals surface area contributed by atoms with E-state index in [1.165, 1.54) is 6.07 Å². The highest BCUT2D eigenvalue weighted by molar-refractivity contribution is 5.97. The Morgan fingerprint density at radius 2 is 2.00 bits per heavy atom. The second-order valence-electron chi connectivity index (χ2n) is 4.42. The molecule has 4 heteroatoms. The Morgan fingerprint density at radius 1 is 1.14 bits per heavy atom. The summed E-state index contributed by atoms with van der Waals surface area (Å²) in [6, 6.07) is 12.2. The van der Waals surface area contributed by atoms with Crippen molar-refractivity contribution in [2.75, 3.05) is 0 Å². The van der Waals surface area contributed by atoms with Gasteiger partial charge in [-0.3, -0.25) is 0 Å². The fourth-order valence-corrected chi connectivity index (χ4v) is 2.22. The van der Waals surface area contributed by atoms with E-state index < -0.39 is 5.97 Å². The Hall–Kier alpha value is -3.19. The summed E-state index contributed by atoms with van der Waals surface area (Å²) < 4.78 is 0. The van der Waals surface area contributed by atoms with Gasteiger partial charge in [0, 0.05) is 22.7 Å². The van der Waals surface area contributed by atoms with Crippen molar-refractivity contribution in [3.8, 4) is 23.6 Å². The number of benzene rings is 1.